The number of nitrogens with zero attached hydrogens (tertiary/aromatic N) is 4. The van der Waals surface area contributed by atoms with E-state index in [1.807, 2.05) is 6.20 Å². The molecule has 0 N–H and O–H groups in total. The molecule has 152 valence electrons. The van der Waals surface area contributed by atoms with Crippen molar-refractivity contribution < 1.29 is 0 Å². The third-order valence-corrected chi connectivity index (χ3v) is 6.01. The van der Waals surface area contributed by atoms with Gasteiger partial charge in [-0.05, 0) is 30.7 Å². The van der Waals surface area contributed by atoms with Crippen molar-refractivity contribution in [2.45, 2.75) is 52.6 Å². The van der Waals surface area contributed by atoms with Crippen LogP contribution in [0.4, 0.5) is 0 Å². The molecule has 0 saturated carbocycles. The van der Waals surface area contributed by atoms with Crippen molar-refractivity contribution in [3.63, 3.8) is 0 Å². The van der Waals surface area contributed by atoms with Crippen molar-refractivity contribution in [2.24, 2.45) is 0 Å². The van der Waals surface area contributed by atoms with E-state index in [2.05, 4.69) is 80.0 Å². The van der Waals surface area contributed by atoms with Crippen LogP contribution in [0.1, 0.15) is 49.0 Å². The molecule has 0 amide bonds. The maximum atomic E-state index is 4.90. The molecule has 2 aromatic carbocycles. The molecule has 2 aromatic heterocycles. The Morgan fingerprint density at radius 1 is 0.967 bits per heavy atom. The van der Waals surface area contributed by atoms with Gasteiger partial charge in [0.05, 0.1) is 11.0 Å². The van der Waals surface area contributed by atoms with Crippen LogP contribution in [0.15, 0.2) is 48.7 Å². The normalized spacial score (nSPS) is 14.9. The Hall–Kier alpha value is -2.85. The molecule has 0 bridgehead atoms. The molecule has 0 radical (unpaired) electrons. The van der Waals surface area contributed by atoms with Gasteiger partial charge in [0.1, 0.15) is 5.82 Å². The Labute approximate surface area is 178 Å². The minimum atomic E-state index is -0.0150. The molecule has 3 heterocycles. The summed E-state index contributed by atoms with van der Waals surface area (Å²) < 4.78 is 0. The number of fused-ring (bicyclic) bond motifs is 3. The van der Waals surface area contributed by atoms with Gasteiger partial charge in [0, 0.05) is 59.7 Å². The number of hydrogen-bond acceptors (Lipinski definition) is 4. The van der Waals surface area contributed by atoms with Crippen LogP contribution in [-0.4, -0.2) is 26.4 Å². The van der Waals surface area contributed by atoms with Crippen LogP contribution in [0.2, 0.25) is 0 Å². The third-order valence-electron chi connectivity index (χ3n) is 6.01. The number of aromatic nitrogens is 3. The second kappa shape index (κ2) is 7.13. The second-order valence-corrected chi connectivity index (χ2v) is 9.50. The van der Waals surface area contributed by atoms with Gasteiger partial charge in [0.2, 0.25) is 0 Å². The molecule has 30 heavy (non-hydrogen) atoms. The molecule has 0 aliphatic carbocycles. The predicted molar refractivity (Wildman–Crippen MR) is 123 cm³/mol. The van der Waals surface area contributed by atoms with Gasteiger partial charge < -0.3 is 0 Å². The number of hydrogen-bond donors (Lipinski definition) is 0. The number of rotatable bonds is 2. The first-order chi connectivity index (χ1) is 14.4. The standard InChI is InChI=1S/C26H28N4/c1-17-9-10-24-20(13-17)21(19-7-5-6-8-23(19)28-24)16-30-12-11-22-18(15-30)14-27-25(29-22)26(2,3)4/h5-10,13-14H,11-12,15-16H2,1-4H3. The molecule has 0 fully saturated rings. The van der Waals surface area contributed by atoms with Crippen LogP contribution >= 0.6 is 0 Å². The lowest BCUT2D eigenvalue weighted by atomic mass is 9.94. The molecule has 5 rings (SSSR count). The van der Waals surface area contributed by atoms with E-state index in [1.54, 1.807) is 0 Å². The minimum absolute atomic E-state index is 0.0150. The summed E-state index contributed by atoms with van der Waals surface area (Å²) in [5.41, 5.74) is 7.24. The molecule has 1 aliphatic heterocycles. The zero-order valence-corrected chi connectivity index (χ0v) is 18.2. The topological polar surface area (TPSA) is 41.9 Å². The molecule has 0 atom stereocenters. The van der Waals surface area contributed by atoms with Crippen LogP contribution in [0.3, 0.4) is 0 Å². The molecule has 4 heteroatoms. The second-order valence-electron chi connectivity index (χ2n) is 9.50. The van der Waals surface area contributed by atoms with Crippen LogP contribution < -0.4 is 0 Å². The zero-order chi connectivity index (χ0) is 20.9. The quantitative estimate of drug-likeness (QED) is 0.429. The molecule has 1 aliphatic rings. The van der Waals surface area contributed by atoms with Crippen molar-refractivity contribution >= 4 is 21.8 Å². The summed E-state index contributed by atoms with van der Waals surface area (Å²) in [5, 5.41) is 2.51. The summed E-state index contributed by atoms with van der Waals surface area (Å²) in [5.74, 6) is 0.941. The van der Waals surface area contributed by atoms with Gasteiger partial charge in [0.15, 0.2) is 0 Å². The third kappa shape index (κ3) is 3.46. The summed E-state index contributed by atoms with van der Waals surface area (Å²) in [6.45, 7) is 11.5. The van der Waals surface area contributed by atoms with Crippen LogP contribution in [0.5, 0.6) is 0 Å². The highest BCUT2D eigenvalue weighted by Crippen LogP contribution is 2.30. The van der Waals surface area contributed by atoms with E-state index < -0.39 is 0 Å². The van der Waals surface area contributed by atoms with Gasteiger partial charge in [-0.3, -0.25) is 4.90 Å². The summed E-state index contributed by atoms with van der Waals surface area (Å²) in [4.78, 5) is 17.0. The van der Waals surface area contributed by atoms with Crippen molar-refractivity contribution in [3.05, 3.63) is 76.9 Å². The minimum Gasteiger partial charge on any atom is -0.294 e. The van der Waals surface area contributed by atoms with Gasteiger partial charge in [-0.2, -0.15) is 0 Å². The molecular formula is C26H28N4. The maximum Gasteiger partial charge on any atom is 0.133 e. The number of benzene rings is 2. The predicted octanol–water partition coefficient (Wildman–Crippen LogP) is 5.34. The first-order valence-electron chi connectivity index (χ1n) is 10.7. The van der Waals surface area contributed by atoms with Gasteiger partial charge in [-0.1, -0.05) is 50.6 Å². The molecule has 0 unspecified atom stereocenters. The fourth-order valence-electron chi connectivity index (χ4n) is 4.36. The smallest absolute Gasteiger partial charge is 0.133 e. The van der Waals surface area contributed by atoms with Gasteiger partial charge in [-0.15, -0.1) is 0 Å². The molecule has 0 saturated heterocycles. The monoisotopic (exact) mass is 396 g/mol. The summed E-state index contributed by atoms with van der Waals surface area (Å²) in [7, 11) is 0. The number of para-hydroxylation sites is 1. The lowest BCUT2D eigenvalue weighted by Crippen LogP contribution is -2.32. The van der Waals surface area contributed by atoms with E-state index in [0.717, 1.165) is 42.9 Å². The highest BCUT2D eigenvalue weighted by Gasteiger charge is 2.23. The van der Waals surface area contributed by atoms with Crippen molar-refractivity contribution in [1.82, 2.24) is 19.9 Å². The van der Waals surface area contributed by atoms with Crippen LogP contribution in [0, 0.1) is 6.92 Å². The van der Waals surface area contributed by atoms with E-state index in [9.17, 15) is 0 Å². The van der Waals surface area contributed by atoms with Gasteiger partial charge in [-0.25, -0.2) is 15.0 Å². The molecule has 0 spiro atoms. The van der Waals surface area contributed by atoms with E-state index >= 15 is 0 Å². The summed E-state index contributed by atoms with van der Waals surface area (Å²) in [6.07, 6.45) is 3.02. The van der Waals surface area contributed by atoms with E-state index in [4.69, 9.17) is 9.97 Å². The Balaban J connectivity index is 1.52. The first kappa shape index (κ1) is 19.1. The Morgan fingerprint density at radius 2 is 1.77 bits per heavy atom. The lowest BCUT2D eigenvalue weighted by molar-refractivity contribution is 0.244. The first-order valence-corrected chi connectivity index (χ1v) is 10.7. The van der Waals surface area contributed by atoms with Crippen LogP contribution in [0.25, 0.3) is 21.8 Å². The van der Waals surface area contributed by atoms with E-state index in [0.29, 0.717) is 0 Å². The van der Waals surface area contributed by atoms with Crippen LogP contribution in [-0.2, 0) is 24.9 Å². The fraction of sp³-hybridized carbons (Fsp3) is 0.346. The number of pyridine rings is 1. The average Bonchev–Trinajstić information content (AvgIpc) is 2.73. The Kier molecular flexibility index (Phi) is 4.55. The fourth-order valence-corrected chi connectivity index (χ4v) is 4.36. The molecule has 4 aromatic rings. The van der Waals surface area contributed by atoms with Gasteiger partial charge >= 0.3 is 0 Å². The Bertz CT molecular complexity index is 1250. The Morgan fingerprint density at radius 3 is 2.60 bits per heavy atom. The van der Waals surface area contributed by atoms with Crippen molar-refractivity contribution in [1.29, 1.82) is 0 Å². The molecular weight excluding hydrogens is 368 g/mol. The zero-order valence-electron chi connectivity index (χ0n) is 18.2. The molecule has 4 nitrogen and oxygen atoms in total. The van der Waals surface area contributed by atoms with Crippen molar-refractivity contribution in [3.8, 4) is 0 Å². The average molecular weight is 397 g/mol. The van der Waals surface area contributed by atoms with E-state index in [-0.39, 0.29) is 5.41 Å². The SMILES string of the molecule is Cc1ccc2nc3ccccc3c(CN3CCc4nc(C(C)(C)C)ncc4C3)c2c1. The summed E-state index contributed by atoms with van der Waals surface area (Å²) >= 11 is 0. The van der Waals surface area contributed by atoms with Crippen molar-refractivity contribution in [2.75, 3.05) is 6.54 Å². The number of aryl methyl sites for hydroxylation is 1. The van der Waals surface area contributed by atoms with E-state index in [1.165, 1.54) is 33.2 Å². The largest absolute Gasteiger partial charge is 0.294 e. The van der Waals surface area contributed by atoms with Gasteiger partial charge in [0.25, 0.3) is 0 Å². The lowest BCUT2D eigenvalue weighted by Gasteiger charge is -2.30. The summed E-state index contributed by atoms with van der Waals surface area (Å²) in [6, 6.07) is 15.1. The maximum absolute atomic E-state index is 4.90. The highest BCUT2D eigenvalue weighted by molar-refractivity contribution is 5.97. The highest BCUT2D eigenvalue weighted by atomic mass is 15.1.